The largest absolute Gasteiger partial charge is 0.337 e. The molecule has 1 amide bonds. The molecule has 0 saturated heterocycles. The van der Waals surface area contributed by atoms with Crippen LogP contribution in [-0.2, 0) is 6.54 Å². The van der Waals surface area contributed by atoms with Crippen LogP contribution in [0.5, 0.6) is 0 Å². The molecule has 20 heavy (non-hydrogen) atoms. The van der Waals surface area contributed by atoms with E-state index in [1.807, 2.05) is 12.1 Å². The number of nitrogens with zero attached hydrogens (tertiary/aromatic N) is 2. The highest BCUT2D eigenvalue weighted by Gasteiger charge is 2.15. The Morgan fingerprint density at radius 1 is 1.30 bits per heavy atom. The van der Waals surface area contributed by atoms with Crippen LogP contribution in [0.3, 0.4) is 0 Å². The lowest BCUT2D eigenvalue weighted by molar-refractivity contribution is 0.0784. The Morgan fingerprint density at radius 3 is 2.70 bits per heavy atom. The van der Waals surface area contributed by atoms with E-state index in [4.69, 9.17) is 23.2 Å². The Morgan fingerprint density at radius 2 is 2.05 bits per heavy atom. The minimum absolute atomic E-state index is 0.0770. The number of carbonyl (C=O) groups is 1. The third-order valence-corrected chi connectivity index (χ3v) is 4.11. The Kier molecular flexibility index (Phi) is 5.23. The smallest absolute Gasteiger partial charge is 0.255 e. The minimum Gasteiger partial charge on any atom is -0.337 e. The molecule has 0 bridgehead atoms. The number of hydrogen-bond donors (Lipinski definition) is 0. The van der Waals surface area contributed by atoms with Crippen LogP contribution in [0, 0.1) is 3.57 Å². The molecule has 3 nitrogen and oxygen atoms in total. The molecule has 0 atom stereocenters. The van der Waals surface area contributed by atoms with E-state index in [9.17, 15) is 4.79 Å². The second-order valence-corrected chi connectivity index (χ2v) is 6.26. The lowest BCUT2D eigenvalue weighted by Crippen LogP contribution is -2.27. The van der Waals surface area contributed by atoms with Crippen LogP contribution in [0.15, 0.2) is 36.5 Å². The number of hydrogen-bond acceptors (Lipinski definition) is 2. The maximum atomic E-state index is 12.4. The molecule has 0 spiro atoms. The molecule has 0 N–H and O–H groups in total. The normalized spacial score (nSPS) is 10.4. The van der Waals surface area contributed by atoms with Gasteiger partial charge in [0.05, 0.1) is 5.56 Å². The molecule has 0 aliphatic heterocycles. The number of aromatic nitrogens is 1. The van der Waals surface area contributed by atoms with E-state index in [1.165, 1.54) is 0 Å². The second-order valence-electron chi connectivity index (χ2n) is 4.27. The van der Waals surface area contributed by atoms with E-state index < -0.39 is 0 Å². The van der Waals surface area contributed by atoms with Gasteiger partial charge in [0, 0.05) is 28.4 Å². The zero-order valence-corrected chi connectivity index (χ0v) is 14.3. The first kappa shape index (κ1) is 15.5. The van der Waals surface area contributed by atoms with E-state index in [-0.39, 0.29) is 5.91 Å². The maximum Gasteiger partial charge on any atom is 0.255 e. The van der Waals surface area contributed by atoms with Crippen LogP contribution in [0.1, 0.15) is 15.9 Å². The second kappa shape index (κ2) is 6.74. The van der Waals surface area contributed by atoms with E-state index >= 15 is 0 Å². The van der Waals surface area contributed by atoms with Crippen molar-refractivity contribution in [3.05, 3.63) is 61.4 Å². The summed E-state index contributed by atoms with van der Waals surface area (Å²) in [7, 11) is 1.74. The number of amides is 1. The van der Waals surface area contributed by atoms with Crippen molar-refractivity contribution in [2.75, 3.05) is 7.05 Å². The molecule has 2 aromatic rings. The fourth-order valence-corrected chi connectivity index (χ4v) is 2.56. The molecule has 0 saturated carbocycles. The lowest BCUT2D eigenvalue weighted by atomic mass is 10.2. The Hall–Kier alpha value is -0.850. The number of carbonyl (C=O) groups excluding carboxylic acids is 1. The Labute approximate surface area is 141 Å². The van der Waals surface area contributed by atoms with Gasteiger partial charge in [-0.25, -0.2) is 4.98 Å². The molecule has 1 aromatic heterocycles. The van der Waals surface area contributed by atoms with E-state index in [2.05, 4.69) is 27.6 Å². The van der Waals surface area contributed by atoms with Crippen molar-refractivity contribution >= 4 is 51.7 Å². The molecule has 1 heterocycles. The average Bonchev–Trinajstić information content (AvgIpc) is 2.43. The molecule has 1 aromatic carbocycles. The zero-order valence-electron chi connectivity index (χ0n) is 10.6. The highest BCUT2D eigenvalue weighted by molar-refractivity contribution is 14.1. The summed E-state index contributed by atoms with van der Waals surface area (Å²) in [4.78, 5) is 18.0. The fraction of sp³-hybridized carbons (Fsp3) is 0.143. The highest BCUT2D eigenvalue weighted by atomic mass is 127. The zero-order chi connectivity index (χ0) is 14.7. The lowest BCUT2D eigenvalue weighted by Gasteiger charge is -2.18. The SMILES string of the molecule is CN(Cc1ccc(Cl)nc1)C(=O)c1cc(Cl)ccc1I. The highest BCUT2D eigenvalue weighted by Crippen LogP contribution is 2.20. The van der Waals surface area contributed by atoms with Gasteiger partial charge in [-0.3, -0.25) is 4.79 Å². The van der Waals surface area contributed by atoms with Crippen LogP contribution in [0.2, 0.25) is 10.2 Å². The topological polar surface area (TPSA) is 33.2 Å². The summed E-state index contributed by atoms with van der Waals surface area (Å²) in [6.07, 6.45) is 1.66. The monoisotopic (exact) mass is 420 g/mol. The van der Waals surface area contributed by atoms with Crippen LogP contribution in [0.25, 0.3) is 0 Å². The minimum atomic E-state index is -0.0770. The molecule has 104 valence electrons. The molecule has 0 unspecified atom stereocenters. The molecule has 2 rings (SSSR count). The van der Waals surface area contributed by atoms with Gasteiger partial charge < -0.3 is 4.90 Å². The Balaban J connectivity index is 2.16. The Bertz CT molecular complexity index is 632. The molecule has 0 aliphatic carbocycles. The van der Waals surface area contributed by atoms with E-state index in [0.717, 1.165) is 9.13 Å². The molecule has 0 fully saturated rings. The van der Waals surface area contributed by atoms with Crippen molar-refractivity contribution in [2.24, 2.45) is 0 Å². The maximum absolute atomic E-state index is 12.4. The number of halogens is 3. The number of rotatable bonds is 3. The molecule has 0 aliphatic rings. The van der Waals surface area contributed by atoms with Gasteiger partial charge in [0.1, 0.15) is 5.15 Å². The molecular formula is C14H11Cl2IN2O. The van der Waals surface area contributed by atoms with Crippen molar-refractivity contribution in [1.29, 1.82) is 0 Å². The van der Waals surface area contributed by atoms with Gasteiger partial charge in [-0.1, -0.05) is 29.3 Å². The van der Waals surface area contributed by atoms with Crippen molar-refractivity contribution in [2.45, 2.75) is 6.54 Å². The first-order valence-corrected chi connectivity index (χ1v) is 7.62. The fourth-order valence-electron chi connectivity index (χ4n) is 1.71. The van der Waals surface area contributed by atoms with Gasteiger partial charge in [-0.15, -0.1) is 0 Å². The summed E-state index contributed by atoms with van der Waals surface area (Å²) in [6, 6.07) is 8.83. The van der Waals surface area contributed by atoms with Crippen LogP contribution in [-0.4, -0.2) is 22.8 Å². The number of pyridine rings is 1. The van der Waals surface area contributed by atoms with E-state index in [1.54, 1.807) is 36.3 Å². The van der Waals surface area contributed by atoms with Gasteiger partial charge in [0.2, 0.25) is 0 Å². The van der Waals surface area contributed by atoms with Crippen molar-refractivity contribution in [3.63, 3.8) is 0 Å². The predicted octanol–water partition coefficient (Wildman–Crippen LogP) is 4.27. The van der Waals surface area contributed by atoms with Gasteiger partial charge in [0.15, 0.2) is 0 Å². The molecular weight excluding hydrogens is 410 g/mol. The molecule has 0 radical (unpaired) electrons. The summed E-state index contributed by atoms with van der Waals surface area (Å²) < 4.78 is 0.873. The van der Waals surface area contributed by atoms with Crippen molar-refractivity contribution < 1.29 is 4.79 Å². The molecule has 6 heteroatoms. The third-order valence-electron chi connectivity index (χ3n) is 2.71. The average molecular weight is 421 g/mol. The summed E-state index contributed by atoms with van der Waals surface area (Å²) in [5.74, 6) is -0.0770. The van der Waals surface area contributed by atoms with E-state index in [0.29, 0.717) is 22.3 Å². The van der Waals surface area contributed by atoms with Gasteiger partial charge in [0.25, 0.3) is 5.91 Å². The van der Waals surface area contributed by atoms with Crippen molar-refractivity contribution in [3.8, 4) is 0 Å². The quantitative estimate of drug-likeness (QED) is 0.548. The first-order chi connectivity index (χ1) is 9.47. The summed E-state index contributed by atoms with van der Waals surface area (Å²) in [6.45, 7) is 0.464. The van der Waals surface area contributed by atoms with Crippen LogP contribution >= 0.6 is 45.8 Å². The van der Waals surface area contributed by atoms with Crippen LogP contribution in [0.4, 0.5) is 0 Å². The van der Waals surface area contributed by atoms with Crippen molar-refractivity contribution in [1.82, 2.24) is 9.88 Å². The summed E-state index contributed by atoms with van der Waals surface area (Å²) in [5, 5.41) is 0.988. The first-order valence-electron chi connectivity index (χ1n) is 5.78. The summed E-state index contributed by atoms with van der Waals surface area (Å²) in [5.41, 5.74) is 1.52. The number of benzene rings is 1. The van der Waals surface area contributed by atoms with Gasteiger partial charge in [-0.2, -0.15) is 0 Å². The van der Waals surface area contributed by atoms with Gasteiger partial charge in [-0.05, 0) is 52.4 Å². The predicted molar refractivity (Wildman–Crippen MR) is 89.2 cm³/mol. The van der Waals surface area contributed by atoms with Gasteiger partial charge >= 0.3 is 0 Å². The standard InChI is InChI=1S/C14H11Cl2IN2O/c1-19(8-9-2-5-13(16)18-7-9)14(20)11-6-10(15)3-4-12(11)17/h2-7H,8H2,1H3. The van der Waals surface area contributed by atoms with Crippen LogP contribution < -0.4 is 0 Å². The summed E-state index contributed by atoms with van der Waals surface area (Å²) >= 11 is 13.8. The third kappa shape index (κ3) is 3.84.